The lowest BCUT2D eigenvalue weighted by molar-refractivity contribution is -0.143. The van der Waals surface area contributed by atoms with Gasteiger partial charge in [0.1, 0.15) is 11.9 Å². The van der Waals surface area contributed by atoms with E-state index in [-0.39, 0.29) is 23.3 Å². The van der Waals surface area contributed by atoms with Gasteiger partial charge in [0.25, 0.3) is 5.91 Å². The van der Waals surface area contributed by atoms with Gasteiger partial charge in [-0.25, -0.2) is 4.98 Å². The number of alkyl halides is 6. The highest BCUT2D eigenvalue weighted by Gasteiger charge is 2.41. The summed E-state index contributed by atoms with van der Waals surface area (Å²) < 4.78 is 80.9. The summed E-state index contributed by atoms with van der Waals surface area (Å²) >= 11 is 0. The molecular weight excluding hydrogens is 540 g/mol. The number of hydrogen-bond donors (Lipinski definition) is 2. The van der Waals surface area contributed by atoms with Gasteiger partial charge in [-0.3, -0.25) is 9.59 Å². The monoisotopic (exact) mass is 567 g/mol. The van der Waals surface area contributed by atoms with E-state index in [1.807, 2.05) is 6.92 Å². The Kier molecular flexibility index (Phi) is 8.35. The summed E-state index contributed by atoms with van der Waals surface area (Å²) in [5, 5.41) is 12.0. The van der Waals surface area contributed by atoms with Crippen molar-refractivity contribution in [1.82, 2.24) is 4.98 Å². The van der Waals surface area contributed by atoms with Gasteiger partial charge in [0.2, 0.25) is 5.91 Å². The Labute approximate surface area is 226 Å². The summed E-state index contributed by atoms with van der Waals surface area (Å²) in [6.07, 6.45) is -11.5. The van der Waals surface area contributed by atoms with Crippen LogP contribution in [-0.2, 0) is 27.4 Å². The van der Waals surface area contributed by atoms with Crippen molar-refractivity contribution >= 4 is 23.3 Å². The molecule has 0 aliphatic rings. The molecule has 40 heavy (non-hydrogen) atoms. The summed E-state index contributed by atoms with van der Waals surface area (Å²) in [5.74, 6) is -1.49. The third-order valence-electron chi connectivity index (χ3n) is 6.34. The molecule has 6 nitrogen and oxygen atoms in total. The predicted molar refractivity (Wildman–Crippen MR) is 138 cm³/mol. The zero-order chi connectivity index (χ0) is 30.2. The molecule has 0 spiro atoms. The number of amides is 2. The van der Waals surface area contributed by atoms with Crippen LogP contribution in [0.1, 0.15) is 43.0 Å². The maximum absolute atomic E-state index is 13.7. The van der Waals surface area contributed by atoms with Crippen molar-refractivity contribution in [3.8, 4) is 11.3 Å². The fourth-order valence-electron chi connectivity index (χ4n) is 3.91. The van der Waals surface area contributed by atoms with Crippen LogP contribution in [0, 0.1) is 6.92 Å². The minimum absolute atomic E-state index is 0.00738. The number of aromatic nitrogens is 1. The number of aliphatic hydroxyl groups excluding tert-OH is 1. The van der Waals surface area contributed by atoms with Crippen LogP contribution in [-0.4, -0.2) is 35.1 Å². The molecular formula is C28H27F6N3O3. The number of halogens is 6. The van der Waals surface area contributed by atoms with Crippen molar-refractivity contribution in [3.05, 3.63) is 76.9 Å². The Morgan fingerprint density at radius 3 is 1.85 bits per heavy atom. The number of anilines is 2. The Morgan fingerprint density at radius 1 is 0.875 bits per heavy atom. The normalized spacial score (nSPS) is 13.1. The molecule has 0 fully saturated rings. The van der Waals surface area contributed by atoms with Gasteiger partial charge in [-0.2, -0.15) is 26.3 Å². The van der Waals surface area contributed by atoms with Gasteiger partial charge in [-0.1, -0.05) is 29.8 Å². The highest BCUT2D eigenvalue weighted by molar-refractivity contribution is 6.03. The molecule has 0 aliphatic heterocycles. The molecule has 1 atom stereocenters. The predicted octanol–water partition coefficient (Wildman–Crippen LogP) is 6.35. The average molecular weight is 568 g/mol. The number of aliphatic hydroxyl groups is 1. The number of carbonyl (C=O) groups is 2. The summed E-state index contributed by atoms with van der Waals surface area (Å²) in [4.78, 5) is 31.2. The van der Waals surface area contributed by atoms with E-state index in [2.05, 4.69) is 10.3 Å². The summed E-state index contributed by atoms with van der Waals surface area (Å²) in [7, 11) is 1.32. The number of benzene rings is 2. The largest absolute Gasteiger partial charge is 0.416 e. The van der Waals surface area contributed by atoms with Gasteiger partial charge in [0, 0.05) is 12.6 Å². The van der Waals surface area contributed by atoms with Crippen LogP contribution in [0.3, 0.4) is 0 Å². The highest BCUT2D eigenvalue weighted by atomic mass is 19.4. The maximum Gasteiger partial charge on any atom is 0.416 e. The van der Waals surface area contributed by atoms with E-state index in [4.69, 9.17) is 0 Å². The molecule has 0 saturated carbocycles. The van der Waals surface area contributed by atoms with E-state index < -0.39 is 52.4 Å². The third-order valence-corrected chi connectivity index (χ3v) is 6.34. The maximum atomic E-state index is 13.7. The highest BCUT2D eigenvalue weighted by Crippen LogP contribution is 2.40. The van der Waals surface area contributed by atoms with Gasteiger partial charge < -0.3 is 15.3 Å². The Hall–Kier alpha value is -3.93. The van der Waals surface area contributed by atoms with E-state index in [0.717, 1.165) is 10.5 Å². The standard InChI is InChI=1S/C28H27F6N3O3/c1-15-6-8-17(9-7-15)23-21(10-11-22(35-23)36-24(39)16(2)38)37(5)25(40)26(3,4)18-12-19(27(29,30)31)14-20(13-18)28(32,33)34/h6-14,16,38H,1-5H3,(H,35,36,39). The molecule has 3 aromatic rings. The quantitative estimate of drug-likeness (QED) is 0.340. The third kappa shape index (κ3) is 6.61. The number of likely N-dealkylation sites (N-methyl/N-ethyl adjacent to an activating group) is 1. The van der Waals surface area contributed by atoms with Gasteiger partial charge in [-0.05, 0) is 63.6 Å². The van der Waals surface area contributed by atoms with Gasteiger partial charge in [0.05, 0.1) is 27.9 Å². The second kappa shape index (κ2) is 10.9. The van der Waals surface area contributed by atoms with Gasteiger partial charge >= 0.3 is 12.4 Å². The lowest BCUT2D eigenvalue weighted by Crippen LogP contribution is -2.42. The van der Waals surface area contributed by atoms with E-state index in [1.165, 1.54) is 40.0 Å². The van der Waals surface area contributed by atoms with Crippen LogP contribution in [0.5, 0.6) is 0 Å². The lowest BCUT2D eigenvalue weighted by Gasteiger charge is -2.32. The SMILES string of the molecule is Cc1ccc(-c2nc(NC(=O)C(C)O)ccc2N(C)C(=O)C(C)(C)c2cc(C(F)(F)F)cc(C(F)(F)F)c2)cc1. The van der Waals surface area contributed by atoms with Crippen LogP contribution in [0.2, 0.25) is 0 Å². The molecule has 12 heteroatoms. The van der Waals surface area contributed by atoms with Crippen molar-refractivity contribution in [1.29, 1.82) is 0 Å². The van der Waals surface area contributed by atoms with Crippen molar-refractivity contribution in [3.63, 3.8) is 0 Å². The molecule has 1 heterocycles. The number of nitrogens with one attached hydrogen (secondary N) is 1. The summed E-state index contributed by atoms with van der Waals surface area (Å²) in [5.41, 5.74) is -3.54. The molecule has 214 valence electrons. The van der Waals surface area contributed by atoms with Crippen molar-refractivity contribution in [2.24, 2.45) is 0 Å². The fraction of sp³-hybridized carbons (Fsp3) is 0.321. The minimum atomic E-state index is -5.07. The topological polar surface area (TPSA) is 82.5 Å². The van der Waals surface area contributed by atoms with E-state index >= 15 is 0 Å². The molecule has 1 aromatic heterocycles. The zero-order valence-electron chi connectivity index (χ0n) is 22.2. The average Bonchev–Trinajstić information content (AvgIpc) is 2.86. The van der Waals surface area contributed by atoms with Crippen LogP contribution in [0.15, 0.2) is 54.6 Å². The lowest BCUT2D eigenvalue weighted by atomic mass is 9.81. The van der Waals surface area contributed by atoms with Crippen molar-refractivity contribution in [2.75, 3.05) is 17.3 Å². The first-order valence-electron chi connectivity index (χ1n) is 12.0. The summed E-state index contributed by atoms with van der Waals surface area (Å²) in [6.45, 7) is 5.58. The number of pyridine rings is 1. The Bertz CT molecular complexity index is 1380. The number of hydrogen-bond acceptors (Lipinski definition) is 4. The molecule has 0 aliphatic carbocycles. The fourth-order valence-corrected chi connectivity index (χ4v) is 3.91. The molecule has 2 amide bonds. The first kappa shape index (κ1) is 30.6. The number of aryl methyl sites for hydroxylation is 1. The molecule has 3 rings (SSSR count). The van der Waals surface area contributed by atoms with E-state index in [9.17, 15) is 41.0 Å². The Balaban J connectivity index is 2.12. The molecule has 0 bridgehead atoms. The van der Waals surface area contributed by atoms with Crippen molar-refractivity contribution in [2.45, 2.75) is 51.6 Å². The zero-order valence-corrected chi connectivity index (χ0v) is 22.2. The number of nitrogens with zero attached hydrogens (tertiary/aromatic N) is 2. The van der Waals surface area contributed by atoms with Crippen LogP contribution < -0.4 is 10.2 Å². The van der Waals surface area contributed by atoms with Gasteiger partial charge in [-0.15, -0.1) is 0 Å². The molecule has 1 unspecified atom stereocenters. The van der Waals surface area contributed by atoms with E-state index in [0.29, 0.717) is 17.7 Å². The van der Waals surface area contributed by atoms with Gasteiger partial charge in [0.15, 0.2) is 0 Å². The second-order valence-corrected chi connectivity index (χ2v) is 9.88. The molecule has 2 aromatic carbocycles. The smallest absolute Gasteiger partial charge is 0.384 e. The number of rotatable bonds is 6. The second-order valence-electron chi connectivity index (χ2n) is 9.88. The number of carbonyl (C=O) groups excluding carboxylic acids is 2. The molecule has 0 saturated heterocycles. The minimum Gasteiger partial charge on any atom is -0.384 e. The first-order chi connectivity index (χ1) is 18.3. The molecule has 0 radical (unpaired) electrons. The van der Waals surface area contributed by atoms with Crippen molar-refractivity contribution < 1.29 is 41.0 Å². The molecule has 2 N–H and O–H groups in total. The Morgan fingerprint density at radius 2 is 1.38 bits per heavy atom. The van der Waals surface area contributed by atoms with Crippen LogP contribution in [0.25, 0.3) is 11.3 Å². The van der Waals surface area contributed by atoms with Crippen LogP contribution >= 0.6 is 0 Å². The first-order valence-corrected chi connectivity index (χ1v) is 12.0. The van der Waals surface area contributed by atoms with E-state index in [1.54, 1.807) is 24.3 Å². The van der Waals surface area contributed by atoms with Crippen LogP contribution in [0.4, 0.5) is 37.8 Å². The summed E-state index contributed by atoms with van der Waals surface area (Å²) in [6, 6.07) is 10.8.